The fraction of sp³-hybridized carbons (Fsp3) is 0.688. The van der Waals surface area contributed by atoms with Gasteiger partial charge in [-0.3, -0.25) is 4.90 Å². The van der Waals surface area contributed by atoms with E-state index in [-0.39, 0.29) is 12.0 Å². The lowest BCUT2D eigenvalue weighted by Gasteiger charge is -2.41. The third kappa shape index (κ3) is 2.81. The minimum atomic E-state index is 0.0183. The zero-order valence-electron chi connectivity index (χ0n) is 12.2. The quantitative estimate of drug-likeness (QED) is 0.810. The van der Waals surface area contributed by atoms with E-state index < -0.39 is 0 Å². The normalized spacial score (nSPS) is 27.6. The van der Waals surface area contributed by atoms with Crippen LogP contribution in [-0.4, -0.2) is 39.3 Å². The molecule has 1 aliphatic carbocycles. The van der Waals surface area contributed by atoms with Gasteiger partial charge in [-0.25, -0.2) is 4.98 Å². The molecule has 0 spiro atoms. The number of piperidine rings is 1. The summed E-state index contributed by atoms with van der Waals surface area (Å²) < 4.78 is 2.34. The summed E-state index contributed by atoms with van der Waals surface area (Å²) in [6.07, 6.45) is 11.7. The number of nitrogens with zero attached hydrogens (tertiary/aromatic N) is 3. The molecule has 3 rings (SSSR count). The molecule has 1 unspecified atom stereocenters. The van der Waals surface area contributed by atoms with E-state index in [1.54, 1.807) is 0 Å². The number of aliphatic hydroxyl groups is 1. The maximum Gasteiger partial charge on any atom is 0.0951 e. The Morgan fingerprint density at radius 2 is 2.35 bits per heavy atom. The molecule has 1 saturated carbocycles. The van der Waals surface area contributed by atoms with E-state index in [0.717, 1.165) is 38.9 Å². The van der Waals surface area contributed by atoms with Gasteiger partial charge in [-0.15, -0.1) is 6.58 Å². The van der Waals surface area contributed by atoms with E-state index in [4.69, 9.17) is 0 Å². The zero-order valence-corrected chi connectivity index (χ0v) is 12.2. The van der Waals surface area contributed by atoms with Crippen molar-refractivity contribution in [1.29, 1.82) is 0 Å². The predicted octanol–water partition coefficient (Wildman–Crippen LogP) is 2.37. The first-order valence-electron chi connectivity index (χ1n) is 7.71. The second-order valence-corrected chi connectivity index (χ2v) is 6.49. The summed E-state index contributed by atoms with van der Waals surface area (Å²) in [7, 11) is 0. The van der Waals surface area contributed by atoms with Crippen molar-refractivity contribution in [3.8, 4) is 0 Å². The van der Waals surface area contributed by atoms with Crippen LogP contribution in [0.2, 0.25) is 0 Å². The van der Waals surface area contributed by atoms with Gasteiger partial charge in [-0.2, -0.15) is 0 Å². The average Bonchev–Trinajstić information content (AvgIpc) is 3.20. The molecule has 1 aromatic rings. The summed E-state index contributed by atoms with van der Waals surface area (Å²) in [6, 6.07) is 0.688. The Hall–Kier alpha value is -1.13. The maximum absolute atomic E-state index is 9.78. The van der Waals surface area contributed by atoms with Crippen molar-refractivity contribution in [2.45, 2.75) is 44.7 Å². The van der Waals surface area contributed by atoms with Crippen molar-refractivity contribution in [1.82, 2.24) is 14.5 Å². The van der Waals surface area contributed by atoms with E-state index in [2.05, 4.69) is 21.0 Å². The topological polar surface area (TPSA) is 41.3 Å². The molecule has 2 heterocycles. The number of likely N-dealkylation sites (tertiary alicyclic amines) is 1. The summed E-state index contributed by atoms with van der Waals surface area (Å²) >= 11 is 0. The number of allylic oxidation sites excluding steroid dienone is 1. The number of aliphatic hydroxyl groups excluding tert-OH is 1. The number of rotatable bonds is 6. The van der Waals surface area contributed by atoms with Crippen LogP contribution in [0.15, 0.2) is 25.2 Å². The first kappa shape index (κ1) is 13.8. The van der Waals surface area contributed by atoms with Gasteiger partial charge in [-0.1, -0.05) is 6.08 Å². The molecule has 4 heteroatoms. The van der Waals surface area contributed by atoms with Crippen LogP contribution in [0.25, 0.3) is 0 Å². The Morgan fingerprint density at radius 3 is 3.05 bits per heavy atom. The van der Waals surface area contributed by atoms with Crippen LogP contribution in [0.1, 0.15) is 43.8 Å². The Labute approximate surface area is 121 Å². The molecule has 0 bridgehead atoms. The lowest BCUT2D eigenvalue weighted by atomic mass is 9.78. The smallest absolute Gasteiger partial charge is 0.0951 e. The van der Waals surface area contributed by atoms with Gasteiger partial charge in [0, 0.05) is 30.7 Å². The summed E-state index contributed by atoms with van der Waals surface area (Å²) in [5.41, 5.74) is 1.34. The Morgan fingerprint density at radius 1 is 1.50 bits per heavy atom. The van der Waals surface area contributed by atoms with Gasteiger partial charge in [0.15, 0.2) is 0 Å². The van der Waals surface area contributed by atoms with Crippen molar-refractivity contribution < 1.29 is 5.11 Å². The van der Waals surface area contributed by atoms with Crippen molar-refractivity contribution in [3.05, 3.63) is 30.9 Å². The minimum Gasteiger partial charge on any atom is -0.396 e. The second-order valence-electron chi connectivity index (χ2n) is 6.49. The Kier molecular flexibility index (Phi) is 3.94. The zero-order chi connectivity index (χ0) is 14.0. The van der Waals surface area contributed by atoms with Crippen LogP contribution >= 0.6 is 0 Å². The van der Waals surface area contributed by atoms with Crippen molar-refractivity contribution in [2.24, 2.45) is 5.41 Å². The number of aromatic nitrogens is 2. The molecule has 1 aliphatic heterocycles. The molecule has 20 heavy (non-hydrogen) atoms. The third-order valence-electron chi connectivity index (χ3n) is 4.73. The highest BCUT2D eigenvalue weighted by molar-refractivity contribution is 5.04. The molecule has 1 saturated heterocycles. The van der Waals surface area contributed by atoms with Gasteiger partial charge in [0.05, 0.1) is 18.6 Å². The first-order chi connectivity index (χ1) is 9.76. The lowest BCUT2D eigenvalue weighted by Crippen LogP contribution is -2.44. The standard InChI is InChI=1S/C16H25N3O/c1-2-6-16(12-20)7-3-8-18(11-16)10-15-9-17-13-19(15)14-4-5-14/h2,9,13-14,20H,1,3-8,10-12H2. The second kappa shape index (κ2) is 5.70. The maximum atomic E-state index is 9.78. The van der Waals surface area contributed by atoms with E-state index in [1.807, 2.05) is 18.6 Å². The Balaban J connectivity index is 1.67. The summed E-state index contributed by atoms with van der Waals surface area (Å²) in [5, 5.41) is 9.78. The molecule has 110 valence electrons. The van der Waals surface area contributed by atoms with Gasteiger partial charge in [0.1, 0.15) is 0 Å². The van der Waals surface area contributed by atoms with E-state index >= 15 is 0 Å². The van der Waals surface area contributed by atoms with Crippen molar-refractivity contribution in [3.63, 3.8) is 0 Å². The summed E-state index contributed by atoms with van der Waals surface area (Å²) in [4.78, 5) is 6.78. The van der Waals surface area contributed by atoms with Crippen LogP contribution < -0.4 is 0 Å². The summed E-state index contributed by atoms with van der Waals surface area (Å²) in [6.45, 7) is 7.15. The third-order valence-corrected chi connectivity index (χ3v) is 4.73. The fourth-order valence-electron chi connectivity index (χ4n) is 3.48. The first-order valence-corrected chi connectivity index (χ1v) is 7.71. The average molecular weight is 275 g/mol. The highest BCUT2D eigenvalue weighted by atomic mass is 16.3. The monoisotopic (exact) mass is 275 g/mol. The molecule has 1 atom stereocenters. The molecule has 2 fully saturated rings. The molecule has 1 aromatic heterocycles. The largest absolute Gasteiger partial charge is 0.396 e. The van der Waals surface area contributed by atoms with Gasteiger partial charge in [-0.05, 0) is 38.6 Å². The van der Waals surface area contributed by atoms with Gasteiger partial charge >= 0.3 is 0 Å². The van der Waals surface area contributed by atoms with E-state index in [1.165, 1.54) is 18.5 Å². The molecule has 0 radical (unpaired) electrons. The van der Waals surface area contributed by atoms with Crippen LogP contribution in [0.3, 0.4) is 0 Å². The summed E-state index contributed by atoms with van der Waals surface area (Å²) in [5.74, 6) is 0. The van der Waals surface area contributed by atoms with E-state index in [0.29, 0.717) is 6.04 Å². The van der Waals surface area contributed by atoms with Crippen LogP contribution in [0, 0.1) is 5.41 Å². The molecule has 0 amide bonds. The van der Waals surface area contributed by atoms with Crippen LogP contribution in [-0.2, 0) is 6.54 Å². The van der Waals surface area contributed by atoms with Gasteiger partial charge < -0.3 is 9.67 Å². The van der Waals surface area contributed by atoms with Crippen LogP contribution in [0.4, 0.5) is 0 Å². The molecule has 0 aromatic carbocycles. The number of hydrogen-bond donors (Lipinski definition) is 1. The minimum absolute atomic E-state index is 0.0183. The highest BCUT2D eigenvalue weighted by Crippen LogP contribution is 2.37. The molecular formula is C16H25N3O. The molecule has 1 N–H and O–H groups in total. The Bertz CT molecular complexity index is 466. The molecule has 4 nitrogen and oxygen atoms in total. The molecule has 2 aliphatic rings. The molecular weight excluding hydrogens is 250 g/mol. The number of hydrogen-bond acceptors (Lipinski definition) is 3. The van der Waals surface area contributed by atoms with Crippen LogP contribution in [0.5, 0.6) is 0 Å². The SMILES string of the molecule is C=CCC1(CO)CCCN(Cc2cncn2C2CC2)C1. The fourth-order valence-corrected chi connectivity index (χ4v) is 3.48. The van der Waals surface area contributed by atoms with Crippen molar-refractivity contribution in [2.75, 3.05) is 19.7 Å². The van der Waals surface area contributed by atoms with Gasteiger partial charge in [0.25, 0.3) is 0 Å². The van der Waals surface area contributed by atoms with Gasteiger partial charge in [0.2, 0.25) is 0 Å². The number of imidazole rings is 1. The van der Waals surface area contributed by atoms with Crippen molar-refractivity contribution >= 4 is 0 Å². The van der Waals surface area contributed by atoms with E-state index in [9.17, 15) is 5.11 Å². The lowest BCUT2D eigenvalue weighted by molar-refractivity contribution is 0.0299. The highest BCUT2D eigenvalue weighted by Gasteiger charge is 2.34. The predicted molar refractivity (Wildman–Crippen MR) is 79.3 cm³/mol.